The van der Waals surface area contributed by atoms with Crippen LogP contribution < -0.4 is 10.6 Å². The Kier molecular flexibility index (Phi) is 5.23. The van der Waals surface area contributed by atoms with Gasteiger partial charge in [-0.25, -0.2) is 0 Å². The van der Waals surface area contributed by atoms with Crippen LogP contribution in [0.5, 0.6) is 0 Å². The monoisotopic (exact) mass is 257 g/mol. The van der Waals surface area contributed by atoms with Crippen molar-refractivity contribution in [2.45, 2.75) is 51.1 Å². The molecule has 3 nitrogen and oxygen atoms in total. The molecule has 2 atom stereocenters. The topological polar surface area (TPSA) is 47.8 Å². The van der Waals surface area contributed by atoms with Crippen LogP contribution in [0, 0.1) is 11.3 Å². The molecule has 0 spiro atoms. The number of nitriles is 1. The summed E-state index contributed by atoms with van der Waals surface area (Å²) in [6.07, 6.45) is 5.63. The van der Waals surface area contributed by atoms with Gasteiger partial charge >= 0.3 is 0 Å². The summed E-state index contributed by atoms with van der Waals surface area (Å²) in [5, 5.41) is 15.8. The molecule has 1 aromatic carbocycles. The van der Waals surface area contributed by atoms with Crippen molar-refractivity contribution >= 4 is 5.69 Å². The predicted molar refractivity (Wildman–Crippen MR) is 79.1 cm³/mol. The van der Waals surface area contributed by atoms with Crippen LogP contribution in [-0.2, 0) is 6.42 Å². The van der Waals surface area contributed by atoms with Crippen LogP contribution >= 0.6 is 0 Å². The summed E-state index contributed by atoms with van der Waals surface area (Å²) in [6, 6.07) is 11.5. The maximum atomic E-state index is 8.64. The quantitative estimate of drug-likeness (QED) is 0.852. The van der Waals surface area contributed by atoms with Gasteiger partial charge in [0.1, 0.15) is 0 Å². The lowest BCUT2D eigenvalue weighted by Crippen LogP contribution is -2.37. The summed E-state index contributed by atoms with van der Waals surface area (Å²) in [5.74, 6) is 0. The average molecular weight is 257 g/mol. The molecule has 2 unspecified atom stereocenters. The molecule has 1 heterocycles. The second-order valence-electron chi connectivity index (χ2n) is 5.46. The zero-order valence-corrected chi connectivity index (χ0v) is 11.7. The van der Waals surface area contributed by atoms with Crippen molar-refractivity contribution in [3.63, 3.8) is 0 Å². The molecule has 2 N–H and O–H groups in total. The Labute approximate surface area is 116 Å². The Morgan fingerprint density at radius 2 is 2.16 bits per heavy atom. The molecule has 1 aromatic rings. The number of rotatable bonds is 5. The first kappa shape index (κ1) is 13.9. The van der Waals surface area contributed by atoms with Gasteiger partial charge in [-0.05, 0) is 50.4 Å². The number of anilines is 1. The largest absolute Gasteiger partial charge is 0.383 e. The van der Waals surface area contributed by atoms with Gasteiger partial charge in [0.05, 0.1) is 12.5 Å². The van der Waals surface area contributed by atoms with Gasteiger partial charge in [-0.3, -0.25) is 0 Å². The van der Waals surface area contributed by atoms with Gasteiger partial charge in [-0.15, -0.1) is 0 Å². The van der Waals surface area contributed by atoms with Gasteiger partial charge in [0.25, 0.3) is 0 Å². The highest BCUT2D eigenvalue weighted by atomic mass is 15.0. The summed E-state index contributed by atoms with van der Waals surface area (Å²) >= 11 is 0. The Morgan fingerprint density at radius 3 is 2.79 bits per heavy atom. The van der Waals surface area contributed by atoms with E-state index in [9.17, 15) is 0 Å². The predicted octanol–water partition coefficient (Wildman–Crippen LogP) is 3.09. The highest BCUT2D eigenvalue weighted by molar-refractivity contribution is 5.45. The lowest BCUT2D eigenvalue weighted by atomic mass is 9.98. The third kappa shape index (κ3) is 4.57. The first-order chi connectivity index (χ1) is 9.28. The number of nitrogens with zero attached hydrogens (tertiary/aromatic N) is 1. The zero-order chi connectivity index (χ0) is 13.5. The molecule has 0 aromatic heterocycles. The van der Waals surface area contributed by atoms with Crippen molar-refractivity contribution in [2.75, 3.05) is 11.9 Å². The van der Waals surface area contributed by atoms with Gasteiger partial charge in [0.15, 0.2) is 0 Å². The molecule has 0 bridgehead atoms. The van der Waals surface area contributed by atoms with Crippen LogP contribution in [0.3, 0.4) is 0 Å². The molecule has 0 amide bonds. The maximum Gasteiger partial charge on any atom is 0.0669 e. The molecule has 19 heavy (non-hydrogen) atoms. The normalized spacial score (nSPS) is 20.5. The minimum atomic E-state index is 0.470. The van der Waals surface area contributed by atoms with Gasteiger partial charge in [0.2, 0.25) is 0 Å². The van der Waals surface area contributed by atoms with Gasteiger partial charge in [-0.2, -0.15) is 5.26 Å². The Bertz CT molecular complexity index is 413. The minimum Gasteiger partial charge on any atom is -0.383 e. The molecule has 1 fully saturated rings. The van der Waals surface area contributed by atoms with Crippen LogP contribution in [0.15, 0.2) is 24.3 Å². The van der Waals surface area contributed by atoms with E-state index in [1.54, 1.807) is 0 Å². The van der Waals surface area contributed by atoms with Crippen molar-refractivity contribution in [2.24, 2.45) is 0 Å². The average Bonchev–Trinajstić information content (AvgIpc) is 2.42. The summed E-state index contributed by atoms with van der Waals surface area (Å²) < 4.78 is 0. The van der Waals surface area contributed by atoms with Gasteiger partial charge in [0, 0.05) is 17.8 Å². The van der Waals surface area contributed by atoms with E-state index >= 15 is 0 Å². The molecule has 1 aliphatic rings. The van der Waals surface area contributed by atoms with Crippen molar-refractivity contribution in [1.29, 1.82) is 5.26 Å². The fourth-order valence-electron chi connectivity index (χ4n) is 2.71. The van der Waals surface area contributed by atoms with E-state index in [0.29, 0.717) is 18.5 Å². The van der Waals surface area contributed by atoms with Crippen LogP contribution in [0.1, 0.15) is 38.2 Å². The third-order valence-electron chi connectivity index (χ3n) is 3.70. The molecule has 0 radical (unpaired) electrons. The fraction of sp³-hybridized carbons (Fsp3) is 0.562. The van der Waals surface area contributed by atoms with E-state index < -0.39 is 0 Å². The molecule has 102 valence electrons. The lowest BCUT2D eigenvalue weighted by Gasteiger charge is -2.27. The van der Waals surface area contributed by atoms with Crippen LogP contribution in [0.2, 0.25) is 0 Å². The highest BCUT2D eigenvalue weighted by Crippen LogP contribution is 2.16. The Morgan fingerprint density at radius 1 is 1.37 bits per heavy atom. The van der Waals surface area contributed by atoms with Crippen molar-refractivity contribution in [3.8, 4) is 6.07 Å². The first-order valence-corrected chi connectivity index (χ1v) is 7.24. The number of hydrogen-bond donors (Lipinski definition) is 2. The molecule has 0 aliphatic carbocycles. The van der Waals surface area contributed by atoms with Crippen molar-refractivity contribution in [3.05, 3.63) is 29.8 Å². The lowest BCUT2D eigenvalue weighted by molar-refractivity contribution is 0.371. The maximum absolute atomic E-state index is 8.64. The second-order valence-corrected chi connectivity index (χ2v) is 5.46. The van der Waals surface area contributed by atoms with Crippen molar-refractivity contribution in [1.82, 2.24) is 5.32 Å². The standard InChI is InChI=1S/C16H23N3/c1-13(12-16-4-2-3-11-18-16)19-15-7-5-14(6-8-15)9-10-17/h5-8,13,16,18-19H,2-4,9,11-12H2,1H3. The van der Waals surface area contributed by atoms with E-state index in [0.717, 1.165) is 11.3 Å². The molecule has 2 rings (SSSR count). The second kappa shape index (κ2) is 7.16. The number of nitrogens with one attached hydrogen (secondary N) is 2. The van der Waals surface area contributed by atoms with Gasteiger partial charge < -0.3 is 10.6 Å². The molecule has 1 aliphatic heterocycles. The summed E-state index contributed by atoms with van der Waals surface area (Å²) in [4.78, 5) is 0. The molecule has 1 saturated heterocycles. The Hall–Kier alpha value is -1.53. The molecule has 0 saturated carbocycles. The van der Waals surface area contributed by atoms with Gasteiger partial charge in [-0.1, -0.05) is 18.6 Å². The first-order valence-electron chi connectivity index (χ1n) is 7.24. The van der Waals surface area contributed by atoms with E-state index in [1.165, 1.54) is 32.2 Å². The highest BCUT2D eigenvalue weighted by Gasteiger charge is 2.15. The number of benzene rings is 1. The van der Waals surface area contributed by atoms with Crippen molar-refractivity contribution < 1.29 is 0 Å². The summed E-state index contributed by atoms with van der Waals surface area (Å²) in [7, 11) is 0. The molecular weight excluding hydrogens is 234 g/mol. The zero-order valence-electron chi connectivity index (χ0n) is 11.7. The summed E-state index contributed by atoms with van der Waals surface area (Å²) in [5.41, 5.74) is 2.22. The third-order valence-corrected chi connectivity index (χ3v) is 3.70. The van der Waals surface area contributed by atoms with Crippen LogP contribution in [0.4, 0.5) is 5.69 Å². The van der Waals surface area contributed by atoms with E-state index in [4.69, 9.17) is 5.26 Å². The smallest absolute Gasteiger partial charge is 0.0669 e. The number of hydrogen-bond acceptors (Lipinski definition) is 3. The van der Waals surface area contributed by atoms with Crippen LogP contribution in [-0.4, -0.2) is 18.6 Å². The van der Waals surface area contributed by atoms with E-state index in [2.05, 4.69) is 35.8 Å². The van der Waals surface area contributed by atoms with E-state index in [-0.39, 0.29) is 0 Å². The SMILES string of the molecule is CC(CC1CCCCN1)Nc1ccc(CC#N)cc1. The minimum absolute atomic E-state index is 0.470. The van der Waals surface area contributed by atoms with E-state index in [1.807, 2.05) is 12.1 Å². The number of piperidine rings is 1. The molecular formula is C16H23N3. The van der Waals surface area contributed by atoms with Crippen LogP contribution in [0.25, 0.3) is 0 Å². The molecule has 3 heteroatoms. The Balaban J connectivity index is 1.80. The fourth-order valence-corrected chi connectivity index (χ4v) is 2.71. The summed E-state index contributed by atoms with van der Waals surface area (Å²) in [6.45, 7) is 3.40.